The van der Waals surface area contributed by atoms with Crippen molar-refractivity contribution in [2.75, 3.05) is 4.90 Å². The van der Waals surface area contributed by atoms with Crippen LogP contribution in [0, 0.1) is 0 Å². The van der Waals surface area contributed by atoms with Crippen molar-refractivity contribution in [3.8, 4) is 50.2 Å². The fraction of sp³-hybridized carbons (Fsp3) is 0. The Labute approximate surface area is 350 Å². The Bertz CT molecular complexity index is 3230. The lowest BCUT2D eigenvalue weighted by molar-refractivity contribution is 1.15. The maximum atomic E-state index is 2.42. The number of hydrogen-bond donors (Lipinski definition) is 0. The second kappa shape index (κ2) is 15.1. The van der Waals surface area contributed by atoms with Gasteiger partial charge in [-0.25, -0.2) is 0 Å². The van der Waals surface area contributed by atoms with Crippen molar-refractivity contribution >= 4 is 49.6 Å². The van der Waals surface area contributed by atoms with Crippen molar-refractivity contribution in [1.82, 2.24) is 4.57 Å². The van der Waals surface area contributed by atoms with Crippen molar-refractivity contribution < 1.29 is 0 Å². The molecule has 11 rings (SSSR count). The van der Waals surface area contributed by atoms with E-state index in [2.05, 4.69) is 252 Å². The predicted molar refractivity (Wildman–Crippen MR) is 255 cm³/mol. The van der Waals surface area contributed by atoms with Crippen LogP contribution in [-0.4, -0.2) is 4.57 Å². The first kappa shape index (κ1) is 35.2. The lowest BCUT2D eigenvalue weighted by Gasteiger charge is -2.28. The van der Waals surface area contributed by atoms with Gasteiger partial charge in [0.25, 0.3) is 0 Å². The van der Waals surface area contributed by atoms with Crippen molar-refractivity contribution in [2.24, 2.45) is 0 Å². The molecule has 0 N–H and O–H groups in total. The monoisotopic (exact) mass is 764 g/mol. The van der Waals surface area contributed by atoms with Gasteiger partial charge in [0.1, 0.15) is 0 Å². The van der Waals surface area contributed by atoms with E-state index in [9.17, 15) is 0 Å². The molecule has 0 amide bonds. The summed E-state index contributed by atoms with van der Waals surface area (Å²) in [6.07, 6.45) is 0. The Balaban J connectivity index is 1.01. The van der Waals surface area contributed by atoms with E-state index in [-0.39, 0.29) is 0 Å². The van der Waals surface area contributed by atoms with Gasteiger partial charge in [-0.05, 0) is 116 Å². The number of nitrogens with zero attached hydrogens (tertiary/aromatic N) is 2. The summed E-state index contributed by atoms with van der Waals surface area (Å²) in [5, 5.41) is 4.99. The quantitative estimate of drug-likeness (QED) is 0.150. The molecular weight excluding hydrogens is 725 g/mol. The Morgan fingerprint density at radius 3 is 1.32 bits per heavy atom. The van der Waals surface area contributed by atoms with Gasteiger partial charge in [0.05, 0.1) is 22.4 Å². The SMILES string of the molecule is c1ccc(-c2ccc(-c3ccc(N(c4ccc(-c5cccc(-c6ccc7ccccc7c6)c5)cc4)c4ccccc4-n4c5ccccc5c5ccccc54)cc3)cc2)cc1. The van der Waals surface area contributed by atoms with E-state index in [0.717, 1.165) is 22.7 Å². The molecule has 0 atom stereocenters. The van der Waals surface area contributed by atoms with E-state index >= 15 is 0 Å². The third kappa shape index (κ3) is 6.41. The molecule has 0 aliphatic carbocycles. The van der Waals surface area contributed by atoms with Crippen molar-refractivity contribution in [3.63, 3.8) is 0 Å². The van der Waals surface area contributed by atoms with Crippen LogP contribution >= 0.6 is 0 Å². The summed E-state index contributed by atoms with van der Waals surface area (Å²) in [5.74, 6) is 0. The summed E-state index contributed by atoms with van der Waals surface area (Å²) < 4.78 is 2.42. The minimum Gasteiger partial charge on any atom is -0.308 e. The van der Waals surface area contributed by atoms with E-state index in [1.165, 1.54) is 77.1 Å². The van der Waals surface area contributed by atoms with Crippen LogP contribution in [0.15, 0.2) is 243 Å². The predicted octanol–water partition coefficient (Wildman–Crippen LogP) is 16.1. The van der Waals surface area contributed by atoms with E-state index in [0.29, 0.717) is 0 Å². The smallest absolute Gasteiger partial charge is 0.0702 e. The first-order valence-corrected chi connectivity index (χ1v) is 20.6. The number of fused-ring (bicyclic) bond motifs is 4. The first-order chi connectivity index (χ1) is 29.7. The Morgan fingerprint density at radius 1 is 0.267 bits per heavy atom. The summed E-state index contributed by atoms with van der Waals surface area (Å²) in [6, 6.07) is 87.9. The van der Waals surface area contributed by atoms with Crippen LogP contribution in [0.5, 0.6) is 0 Å². The zero-order valence-electron chi connectivity index (χ0n) is 33.0. The zero-order chi connectivity index (χ0) is 39.8. The van der Waals surface area contributed by atoms with Gasteiger partial charge in [0.2, 0.25) is 0 Å². The van der Waals surface area contributed by atoms with Crippen molar-refractivity contribution in [2.45, 2.75) is 0 Å². The van der Waals surface area contributed by atoms with Gasteiger partial charge in [-0.1, -0.05) is 182 Å². The minimum atomic E-state index is 1.08. The summed E-state index contributed by atoms with van der Waals surface area (Å²) in [4.78, 5) is 2.40. The lowest BCUT2D eigenvalue weighted by Crippen LogP contribution is -2.13. The highest BCUT2D eigenvalue weighted by Crippen LogP contribution is 2.43. The average molecular weight is 765 g/mol. The number of aromatic nitrogens is 1. The van der Waals surface area contributed by atoms with Gasteiger partial charge < -0.3 is 9.47 Å². The second-order valence-electron chi connectivity index (χ2n) is 15.4. The Hall–Kier alpha value is -7.94. The van der Waals surface area contributed by atoms with Crippen LogP contribution in [0.2, 0.25) is 0 Å². The lowest BCUT2D eigenvalue weighted by atomic mass is 9.97. The van der Waals surface area contributed by atoms with Crippen LogP contribution in [0.4, 0.5) is 17.1 Å². The molecule has 0 bridgehead atoms. The number of rotatable bonds is 8. The molecular formula is C58H40N2. The summed E-state index contributed by atoms with van der Waals surface area (Å²) in [6.45, 7) is 0. The van der Waals surface area contributed by atoms with Crippen molar-refractivity contribution in [1.29, 1.82) is 0 Å². The van der Waals surface area contributed by atoms with Crippen LogP contribution in [0.3, 0.4) is 0 Å². The topological polar surface area (TPSA) is 8.17 Å². The van der Waals surface area contributed by atoms with Crippen molar-refractivity contribution in [3.05, 3.63) is 243 Å². The number of anilines is 3. The molecule has 2 heteroatoms. The fourth-order valence-electron chi connectivity index (χ4n) is 8.79. The highest BCUT2D eigenvalue weighted by atomic mass is 15.2. The highest BCUT2D eigenvalue weighted by Gasteiger charge is 2.20. The molecule has 1 heterocycles. The van der Waals surface area contributed by atoms with Gasteiger partial charge >= 0.3 is 0 Å². The number of para-hydroxylation sites is 4. The fourth-order valence-corrected chi connectivity index (χ4v) is 8.79. The average Bonchev–Trinajstić information content (AvgIpc) is 3.67. The second-order valence-corrected chi connectivity index (χ2v) is 15.4. The summed E-state index contributed by atoms with van der Waals surface area (Å²) >= 11 is 0. The molecule has 0 aliphatic heterocycles. The van der Waals surface area contributed by atoms with Gasteiger partial charge in [-0.2, -0.15) is 0 Å². The van der Waals surface area contributed by atoms with Gasteiger partial charge in [-0.15, -0.1) is 0 Å². The molecule has 0 spiro atoms. The zero-order valence-corrected chi connectivity index (χ0v) is 33.0. The van der Waals surface area contributed by atoms with Gasteiger partial charge in [-0.3, -0.25) is 0 Å². The molecule has 0 unspecified atom stereocenters. The van der Waals surface area contributed by atoms with Crippen LogP contribution < -0.4 is 4.90 Å². The molecule has 60 heavy (non-hydrogen) atoms. The first-order valence-electron chi connectivity index (χ1n) is 20.6. The van der Waals surface area contributed by atoms with Crippen LogP contribution in [0.1, 0.15) is 0 Å². The van der Waals surface area contributed by atoms with E-state index in [1.54, 1.807) is 0 Å². The molecule has 11 aromatic rings. The molecule has 0 fully saturated rings. The highest BCUT2D eigenvalue weighted by molar-refractivity contribution is 6.10. The Kier molecular flexibility index (Phi) is 8.87. The summed E-state index contributed by atoms with van der Waals surface area (Å²) in [7, 11) is 0. The standard InChI is InChI=1S/C58H40N2/c1-2-13-41(14-3-1)43-25-27-44(28-26-43)45-31-35-51(36-32-45)59(57-23-10-11-24-58(57)60-55-21-8-6-19-53(55)54-20-7-9-22-56(54)60)52-37-33-46(34-38-52)48-17-12-18-49(39-48)50-30-29-42-15-4-5-16-47(42)40-50/h1-40H. The maximum Gasteiger partial charge on any atom is 0.0702 e. The Morgan fingerprint density at radius 2 is 0.683 bits per heavy atom. The molecule has 0 aliphatic rings. The molecule has 0 radical (unpaired) electrons. The largest absolute Gasteiger partial charge is 0.308 e. The molecule has 10 aromatic carbocycles. The van der Waals surface area contributed by atoms with Gasteiger partial charge in [0.15, 0.2) is 0 Å². The van der Waals surface area contributed by atoms with Crippen LogP contribution in [0.25, 0.3) is 82.8 Å². The third-order valence-electron chi connectivity index (χ3n) is 11.8. The van der Waals surface area contributed by atoms with Crippen LogP contribution in [-0.2, 0) is 0 Å². The molecule has 1 aromatic heterocycles. The molecule has 0 saturated heterocycles. The molecule has 2 nitrogen and oxygen atoms in total. The molecule has 0 saturated carbocycles. The number of hydrogen-bond acceptors (Lipinski definition) is 1. The number of benzene rings is 10. The van der Waals surface area contributed by atoms with Gasteiger partial charge in [0, 0.05) is 22.1 Å². The third-order valence-corrected chi connectivity index (χ3v) is 11.8. The normalized spacial score (nSPS) is 11.3. The summed E-state index contributed by atoms with van der Waals surface area (Å²) in [5.41, 5.74) is 16.3. The van der Waals surface area contributed by atoms with E-state index < -0.39 is 0 Å². The maximum absolute atomic E-state index is 2.42. The van der Waals surface area contributed by atoms with E-state index in [1.807, 2.05) is 0 Å². The molecule has 282 valence electrons. The minimum absolute atomic E-state index is 1.08. The van der Waals surface area contributed by atoms with E-state index in [4.69, 9.17) is 0 Å².